The smallest absolute Gasteiger partial charge is 0.331 e. The maximum absolute atomic E-state index is 11.8. The molecule has 0 radical (unpaired) electrons. The molecule has 0 bridgehead atoms. The summed E-state index contributed by atoms with van der Waals surface area (Å²) in [6.45, 7) is 3.79. The van der Waals surface area contributed by atoms with Crippen molar-refractivity contribution in [2.45, 2.75) is 58.0 Å². The molecule has 3 heteroatoms. The lowest BCUT2D eigenvalue weighted by atomic mass is 9.76. The highest BCUT2D eigenvalue weighted by Crippen LogP contribution is 2.43. The van der Waals surface area contributed by atoms with Crippen LogP contribution in [0.15, 0.2) is 42.5 Å². The van der Waals surface area contributed by atoms with E-state index in [1.54, 1.807) is 6.92 Å². The van der Waals surface area contributed by atoms with Crippen molar-refractivity contribution in [1.29, 1.82) is 0 Å². The predicted molar refractivity (Wildman–Crippen MR) is 90.9 cm³/mol. The highest BCUT2D eigenvalue weighted by Gasteiger charge is 2.44. The fraction of sp³-hybridized carbons (Fsp3) is 0.500. The Morgan fingerprint density at radius 2 is 1.91 bits per heavy atom. The van der Waals surface area contributed by atoms with Crippen molar-refractivity contribution < 1.29 is 14.3 Å². The molecule has 0 unspecified atom stereocenters. The summed E-state index contributed by atoms with van der Waals surface area (Å²) in [6, 6.07) is 9.78. The number of carbonyl (C=O) groups is 2. The zero-order chi connectivity index (χ0) is 16.7. The minimum atomic E-state index is -0.795. The van der Waals surface area contributed by atoms with E-state index in [0.717, 1.165) is 24.8 Å². The van der Waals surface area contributed by atoms with Gasteiger partial charge in [-0.25, -0.2) is 4.79 Å². The molecular weight excluding hydrogens is 288 g/mol. The molecule has 0 saturated heterocycles. The molecule has 1 heterocycles. The first-order chi connectivity index (χ1) is 11.1. The summed E-state index contributed by atoms with van der Waals surface area (Å²) in [5.74, 6) is -0.199. The first-order valence-electron chi connectivity index (χ1n) is 8.55. The normalized spacial score (nSPS) is 21.2. The lowest BCUT2D eigenvalue weighted by Crippen LogP contribution is -2.36. The Morgan fingerprint density at radius 3 is 2.48 bits per heavy atom. The third-order valence-corrected chi connectivity index (χ3v) is 4.51. The Kier molecular flexibility index (Phi) is 6.14. The summed E-state index contributed by atoms with van der Waals surface area (Å²) < 4.78 is 5.75. The summed E-state index contributed by atoms with van der Waals surface area (Å²) in [5, 5.41) is 0. The SMILES string of the molecule is CCCCCC[C@@H](CC(C)=O)[C@]1(c2ccccc2)C=CC(=O)O1. The van der Waals surface area contributed by atoms with Crippen LogP contribution in [0.5, 0.6) is 0 Å². The van der Waals surface area contributed by atoms with Crippen molar-refractivity contribution in [3.8, 4) is 0 Å². The number of carbonyl (C=O) groups excluding carboxylic acids is 2. The van der Waals surface area contributed by atoms with E-state index in [1.165, 1.54) is 18.9 Å². The third-order valence-electron chi connectivity index (χ3n) is 4.51. The van der Waals surface area contributed by atoms with Crippen LogP contribution >= 0.6 is 0 Å². The van der Waals surface area contributed by atoms with E-state index in [1.807, 2.05) is 36.4 Å². The van der Waals surface area contributed by atoms with E-state index in [0.29, 0.717) is 6.42 Å². The van der Waals surface area contributed by atoms with Gasteiger partial charge in [0.1, 0.15) is 5.78 Å². The fourth-order valence-electron chi connectivity index (χ4n) is 3.37. The summed E-state index contributed by atoms with van der Waals surface area (Å²) in [6.07, 6.45) is 9.21. The molecule has 1 aliphatic rings. The molecule has 1 aromatic rings. The van der Waals surface area contributed by atoms with Crippen molar-refractivity contribution in [2.75, 3.05) is 0 Å². The standard InChI is InChI=1S/C20H26O3/c1-3-4-5-7-12-18(15-16(2)21)20(14-13-19(22)23-20)17-10-8-6-9-11-17/h6,8-11,13-14,18H,3-5,7,12,15H2,1-2H3/t18-,20+/m0/s1. The minimum absolute atomic E-state index is 0.0121. The summed E-state index contributed by atoms with van der Waals surface area (Å²) >= 11 is 0. The van der Waals surface area contributed by atoms with Crippen LogP contribution in [0.2, 0.25) is 0 Å². The zero-order valence-corrected chi connectivity index (χ0v) is 14.1. The maximum Gasteiger partial charge on any atom is 0.331 e. The topological polar surface area (TPSA) is 43.4 Å². The largest absolute Gasteiger partial charge is 0.446 e. The molecule has 0 spiro atoms. The van der Waals surface area contributed by atoms with E-state index < -0.39 is 5.60 Å². The van der Waals surface area contributed by atoms with Gasteiger partial charge in [0.15, 0.2) is 5.60 Å². The van der Waals surface area contributed by atoms with E-state index in [4.69, 9.17) is 4.74 Å². The van der Waals surface area contributed by atoms with Gasteiger partial charge in [0.25, 0.3) is 0 Å². The highest BCUT2D eigenvalue weighted by atomic mass is 16.6. The number of rotatable bonds is 9. The van der Waals surface area contributed by atoms with E-state index in [9.17, 15) is 9.59 Å². The van der Waals surface area contributed by atoms with Crippen molar-refractivity contribution >= 4 is 11.8 Å². The van der Waals surface area contributed by atoms with E-state index >= 15 is 0 Å². The van der Waals surface area contributed by atoms with Gasteiger partial charge in [-0.05, 0) is 25.0 Å². The summed E-state index contributed by atoms with van der Waals surface area (Å²) in [4.78, 5) is 23.6. The predicted octanol–water partition coefficient (Wildman–Crippen LogP) is 4.56. The van der Waals surface area contributed by atoms with Crippen LogP contribution in [-0.4, -0.2) is 11.8 Å². The van der Waals surface area contributed by atoms with Crippen molar-refractivity contribution in [1.82, 2.24) is 0 Å². The van der Waals surface area contributed by atoms with E-state index in [2.05, 4.69) is 6.92 Å². The molecule has 3 nitrogen and oxygen atoms in total. The first kappa shape index (κ1) is 17.5. The lowest BCUT2D eigenvalue weighted by molar-refractivity contribution is -0.152. The van der Waals surface area contributed by atoms with Crippen LogP contribution in [0.25, 0.3) is 0 Å². The Balaban J connectivity index is 2.27. The number of Topliss-reactive ketones (excluding diaryl/α,β-unsaturated/α-hetero) is 1. The average molecular weight is 314 g/mol. The van der Waals surface area contributed by atoms with Gasteiger partial charge in [0, 0.05) is 18.4 Å². The van der Waals surface area contributed by atoms with Gasteiger partial charge in [-0.2, -0.15) is 0 Å². The molecule has 1 aliphatic heterocycles. The molecule has 0 aromatic heterocycles. The highest BCUT2D eigenvalue weighted by molar-refractivity contribution is 5.86. The van der Waals surface area contributed by atoms with Gasteiger partial charge < -0.3 is 9.53 Å². The maximum atomic E-state index is 11.8. The molecule has 1 aromatic carbocycles. The average Bonchev–Trinajstić information content (AvgIpc) is 2.94. The molecule has 0 saturated carbocycles. The number of unbranched alkanes of at least 4 members (excludes halogenated alkanes) is 3. The van der Waals surface area contributed by atoms with Crippen molar-refractivity contribution in [2.24, 2.45) is 5.92 Å². The Labute approximate surface area is 138 Å². The van der Waals surface area contributed by atoms with Crippen LogP contribution in [0.4, 0.5) is 0 Å². The molecule has 2 rings (SSSR count). The van der Waals surface area contributed by atoms with Crippen molar-refractivity contribution in [3.05, 3.63) is 48.0 Å². The molecule has 2 atom stereocenters. The Morgan fingerprint density at radius 1 is 1.17 bits per heavy atom. The van der Waals surface area contributed by atoms with Crippen LogP contribution in [0, 0.1) is 5.92 Å². The van der Waals surface area contributed by atoms with Crippen LogP contribution in [-0.2, 0) is 19.9 Å². The number of benzene rings is 1. The number of hydrogen-bond donors (Lipinski definition) is 0. The van der Waals surface area contributed by atoms with E-state index in [-0.39, 0.29) is 17.7 Å². The molecular formula is C20H26O3. The Hall–Kier alpha value is -1.90. The number of esters is 1. The first-order valence-corrected chi connectivity index (χ1v) is 8.55. The molecule has 0 amide bonds. The third kappa shape index (κ3) is 4.31. The Bertz CT molecular complexity index is 562. The molecule has 23 heavy (non-hydrogen) atoms. The number of hydrogen-bond acceptors (Lipinski definition) is 3. The minimum Gasteiger partial charge on any atom is -0.446 e. The van der Waals surface area contributed by atoms with Gasteiger partial charge in [0.05, 0.1) is 0 Å². The lowest BCUT2D eigenvalue weighted by Gasteiger charge is -2.35. The zero-order valence-electron chi connectivity index (χ0n) is 14.1. The van der Waals surface area contributed by atoms with Gasteiger partial charge >= 0.3 is 5.97 Å². The molecule has 0 aliphatic carbocycles. The van der Waals surface area contributed by atoms with Crippen LogP contribution < -0.4 is 0 Å². The summed E-state index contributed by atoms with van der Waals surface area (Å²) in [5.41, 5.74) is 0.153. The fourth-order valence-corrected chi connectivity index (χ4v) is 3.37. The van der Waals surface area contributed by atoms with Gasteiger partial charge in [0.2, 0.25) is 0 Å². The second-order valence-electron chi connectivity index (χ2n) is 6.37. The number of ketones is 1. The number of ether oxygens (including phenoxy) is 1. The van der Waals surface area contributed by atoms with Gasteiger partial charge in [-0.1, -0.05) is 62.9 Å². The van der Waals surface area contributed by atoms with Crippen LogP contribution in [0.1, 0.15) is 57.9 Å². The molecule has 124 valence electrons. The van der Waals surface area contributed by atoms with Crippen molar-refractivity contribution in [3.63, 3.8) is 0 Å². The second-order valence-corrected chi connectivity index (χ2v) is 6.37. The van der Waals surface area contributed by atoms with Gasteiger partial charge in [-0.15, -0.1) is 0 Å². The summed E-state index contributed by atoms with van der Waals surface area (Å²) in [7, 11) is 0. The van der Waals surface area contributed by atoms with Crippen LogP contribution in [0.3, 0.4) is 0 Å². The number of cyclic esters (lactones) is 1. The second kappa shape index (κ2) is 8.09. The quantitative estimate of drug-likeness (QED) is 0.496. The molecule has 0 fully saturated rings. The molecule has 0 N–H and O–H groups in total. The monoisotopic (exact) mass is 314 g/mol. The van der Waals surface area contributed by atoms with Gasteiger partial charge in [-0.3, -0.25) is 0 Å².